The van der Waals surface area contributed by atoms with Crippen LogP contribution < -0.4 is 10.6 Å². The van der Waals surface area contributed by atoms with E-state index in [9.17, 15) is 8.78 Å². The molecule has 102 valence electrons. The molecule has 1 aliphatic rings. The van der Waals surface area contributed by atoms with Crippen molar-refractivity contribution in [1.29, 1.82) is 0 Å². The second-order valence-corrected chi connectivity index (χ2v) is 6.74. The normalized spacial score (nSPS) is 22.1. The molecule has 2 N–H and O–H groups in total. The van der Waals surface area contributed by atoms with Gasteiger partial charge in [0.15, 0.2) is 5.13 Å². The molecule has 18 heavy (non-hydrogen) atoms. The lowest BCUT2D eigenvalue weighted by Crippen LogP contribution is -2.28. The number of alkyl halides is 2. The number of aromatic nitrogens is 1. The van der Waals surface area contributed by atoms with Crippen LogP contribution >= 0.6 is 11.3 Å². The minimum atomic E-state index is -2.35. The van der Waals surface area contributed by atoms with Gasteiger partial charge in [-0.15, -0.1) is 11.3 Å². The maximum absolute atomic E-state index is 12.4. The van der Waals surface area contributed by atoms with Crippen molar-refractivity contribution in [3.63, 3.8) is 0 Å². The second kappa shape index (κ2) is 4.74. The Morgan fingerprint density at radius 3 is 2.83 bits per heavy atom. The molecule has 1 heterocycles. The van der Waals surface area contributed by atoms with Crippen LogP contribution in [0.2, 0.25) is 0 Å². The van der Waals surface area contributed by atoms with Crippen molar-refractivity contribution in [2.75, 3.05) is 18.5 Å². The van der Waals surface area contributed by atoms with Gasteiger partial charge < -0.3 is 10.6 Å². The van der Waals surface area contributed by atoms with E-state index in [1.807, 2.05) is 0 Å². The highest BCUT2D eigenvalue weighted by atomic mass is 32.1. The minimum Gasteiger partial charge on any atom is -0.345 e. The molecule has 1 atom stereocenters. The van der Waals surface area contributed by atoms with Gasteiger partial charge in [-0.3, -0.25) is 0 Å². The van der Waals surface area contributed by atoms with Crippen molar-refractivity contribution in [3.8, 4) is 0 Å². The Morgan fingerprint density at radius 1 is 1.56 bits per heavy atom. The number of hydrogen-bond donors (Lipinski definition) is 1. The summed E-state index contributed by atoms with van der Waals surface area (Å²) >= 11 is 1.45. The van der Waals surface area contributed by atoms with Crippen LogP contribution in [-0.2, 0) is 6.42 Å². The molecular weight excluding hydrogens is 256 g/mol. The quantitative estimate of drug-likeness (QED) is 0.922. The van der Waals surface area contributed by atoms with Crippen LogP contribution in [0.1, 0.15) is 36.9 Å². The highest BCUT2D eigenvalue weighted by molar-refractivity contribution is 7.15. The summed E-state index contributed by atoms with van der Waals surface area (Å²) in [4.78, 5) is 7.05. The summed E-state index contributed by atoms with van der Waals surface area (Å²) in [5, 5.41) is 0.647. The lowest BCUT2D eigenvalue weighted by Gasteiger charge is -2.32. The molecule has 6 heteroatoms. The van der Waals surface area contributed by atoms with Crippen LogP contribution in [0.4, 0.5) is 13.9 Å². The predicted molar refractivity (Wildman–Crippen MR) is 70.4 cm³/mol. The standard InChI is InChI=1S/C12H19F2N3S/c1-12(2)4-7(15)10-8(5-12)16-11(18-10)17(3)6-9(13)14/h7,9H,4-6,15H2,1-3H3. The van der Waals surface area contributed by atoms with E-state index in [1.54, 1.807) is 7.05 Å². The molecule has 0 amide bonds. The molecule has 0 saturated carbocycles. The molecule has 0 aromatic carbocycles. The number of hydrogen-bond acceptors (Lipinski definition) is 4. The minimum absolute atomic E-state index is 0.0186. The number of anilines is 1. The molecule has 0 aliphatic heterocycles. The Morgan fingerprint density at radius 2 is 2.22 bits per heavy atom. The third-order valence-electron chi connectivity index (χ3n) is 3.21. The lowest BCUT2D eigenvalue weighted by molar-refractivity contribution is 0.156. The average molecular weight is 275 g/mol. The topological polar surface area (TPSA) is 42.2 Å². The zero-order valence-corrected chi connectivity index (χ0v) is 11.7. The monoisotopic (exact) mass is 275 g/mol. The number of nitrogens with zero attached hydrogens (tertiary/aromatic N) is 2. The summed E-state index contributed by atoms with van der Waals surface area (Å²) in [6.45, 7) is 4.04. The smallest absolute Gasteiger partial charge is 0.255 e. The summed E-state index contributed by atoms with van der Waals surface area (Å²) < 4.78 is 24.7. The summed E-state index contributed by atoms with van der Waals surface area (Å²) in [6.07, 6.45) is -0.559. The molecule has 1 aromatic rings. The zero-order chi connectivity index (χ0) is 13.5. The van der Waals surface area contributed by atoms with Crippen LogP contribution in [0.25, 0.3) is 0 Å². The number of nitrogens with two attached hydrogens (primary N) is 1. The van der Waals surface area contributed by atoms with E-state index >= 15 is 0 Å². The molecule has 1 aromatic heterocycles. The van der Waals surface area contributed by atoms with Crippen molar-refractivity contribution < 1.29 is 8.78 Å². The molecule has 0 fully saturated rings. The van der Waals surface area contributed by atoms with Crippen LogP contribution in [0.5, 0.6) is 0 Å². The van der Waals surface area contributed by atoms with E-state index in [0.717, 1.165) is 23.4 Å². The summed E-state index contributed by atoms with van der Waals surface area (Å²) in [6, 6.07) is -0.0186. The largest absolute Gasteiger partial charge is 0.345 e. The zero-order valence-electron chi connectivity index (χ0n) is 10.9. The van der Waals surface area contributed by atoms with Gasteiger partial charge in [0, 0.05) is 18.0 Å². The van der Waals surface area contributed by atoms with Crippen LogP contribution in [-0.4, -0.2) is 25.0 Å². The van der Waals surface area contributed by atoms with Gasteiger partial charge in [0.05, 0.1) is 12.2 Å². The van der Waals surface area contributed by atoms with Crippen molar-refractivity contribution in [1.82, 2.24) is 4.98 Å². The fourth-order valence-electron chi connectivity index (χ4n) is 2.43. The fourth-order valence-corrected chi connectivity index (χ4v) is 3.48. The Hall–Kier alpha value is -0.750. The molecule has 2 rings (SSSR count). The average Bonchev–Trinajstić information content (AvgIpc) is 2.58. The van der Waals surface area contributed by atoms with E-state index in [-0.39, 0.29) is 18.0 Å². The summed E-state index contributed by atoms with van der Waals surface area (Å²) in [5.74, 6) is 0. The first kappa shape index (κ1) is 13.7. The van der Waals surface area contributed by atoms with Crippen LogP contribution in [0, 0.1) is 5.41 Å². The Bertz CT molecular complexity index is 431. The molecular formula is C12H19F2N3S. The van der Waals surface area contributed by atoms with Crippen LogP contribution in [0.15, 0.2) is 0 Å². The Labute approximate surface area is 110 Å². The van der Waals surface area contributed by atoms with Gasteiger partial charge in [0.1, 0.15) is 0 Å². The van der Waals surface area contributed by atoms with E-state index in [4.69, 9.17) is 5.73 Å². The fraction of sp³-hybridized carbons (Fsp3) is 0.750. The number of rotatable bonds is 3. The van der Waals surface area contributed by atoms with Gasteiger partial charge in [0.25, 0.3) is 6.43 Å². The lowest BCUT2D eigenvalue weighted by atomic mass is 9.77. The predicted octanol–water partition coefficient (Wildman–Crippen LogP) is 2.82. The number of thiazole rings is 1. The molecule has 0 radical (unpaired) electrons. The second-order valence-electron chi connectivity index (χ2n) is 5.73. The van der Waals surface area contributed by atoms with Gasteiger partial charge >= 0.3 is 0 Å². The van der Waals surface area contributed by atoms with Crippen molar-refractivity contribution in [3.05, 3.63) is 10.6 Å². The molecule has 0 spiro atoms. The third-order valence-corrected chi connectivity index (χ3v) is 4.55. The van der Waals surface area contributed by atoms with Crippen molar-refractivity contribution in [2.45, 2.75) is 39.2 Å². The van der Waals surface area contributed by atoms with Gasteiger partial charge in [-0.25, -0.2) is 13.8 Å². The third kappa shape index (κ3) is 2.80. The summed E-state index contributed by atoms with van der Waals surface area (Å²) in [5.41, 5.74) is 7.26. The maximum atomic E-state index is 12.4. The van der Waals surface area contributed by atoms with E-state index < -0.39 is 6.43 Å². The van der Waals surface area contributed by atoms with Gasteiger partial charge in [-0.2, -0.15) is 0 Å². The molecule has 0 bridgehead atoms. The van der Waals surface area contributed by atoms with Crippen molar-refractivity contribution >= 4 is 16.5 Å². The highest BCUT2D eigenvalue weighted by Crippen LogP contribution is 2.43. The Balaban J connectivity index is 2.23. The SMILES string of the molecule is CN(CC(F)F)c1nc2c(s1)C(N)CC(C)(C)C2. The van der Waals surface area contributed by atoms with Crippen LogP contribution in [0.3, 0.4) is 0 Å². The summed E-state index contributed by atoms with van der Waals surface area (Å²) in [7, 11) is 1.65. The van der Waals surface area contributed by atoms with Gasteiger partial charge in [-0.1, -0.05) is 13.8 Å². The first-order valence-electron chi connectivity index (χ1n) is 6.03. The molecule has 1 unspecified atom stereocenters. The maximum Gasteiger partial charge on any atom is 0.255 e. The highest BCUT2D eigenvalue weighted by Gasteiger charge is 2.33. The van der Waals surface area contributed by atoms with E-state index in [1.165, 1.54) is 16.2 Å². The number of fused-ring (bicyclic) bond motifs is 1. The first-order valence-corrected chi connectivity index (χ1v) is 6.84. The molecule has 1 aliphatic carbocycles. The number of halogens is 2. The molecule has 0 saturated heterocycles. The molecule has 3 nitrogen and oxygen atoms in total. The van der Waals surface area contributed by atoms with Crippen molar-refractivity contribution in [2.24, 2.45) is 11.1 Å². The van der Waals surface area contributed by atoms with Gasteiger partial charge in [-0.05, 0) is 18.3 Å². The Kier molecular flexibility index (Phi) is 3.60. The van der Waals surface area contributed by atoms with E-state index in [2.05, 4.69) is 18.8 Å². The van der Waals surface area contributed by atoms with E-state index in [0.29, 0.717) is 5.13 Å². The first-order chi connectivity index (χ1) is 8.28. The van der Waals surface area contributed by atoms with Gasteiger partial charge in [0.2, 0.25) is 0 Å².